The van der Waals surface area contributed by atoms with Crippen molar-refractivity contribution >= 4 is 15.9 Å². The van der Waals surface area contributed by atoms with Crippen LogP contribution in [0, 0.1) is 0 Å². The highest BCUT2D eigenvalue weighted by Crippen LogP contribution is 2.18. The molecule has 1 heterocycles. The molecule has 5 heteroatoms. The van der Waals surface area contributed by atoms with E-state index in [1.54, 1.807) is 0 Å². The highest BCUT2D eigenvalue weighted by atomic mass is 79.9. The molecule has 0 atom stereocenters. The highest BCUT2D eigenvalue weighted by molar-refractivity contribution is 9.10. The average Bonchev–Trinajstić information content (AvgIpc) is 2.34. The van der Waals surface area contributed by atoms with E-state index in [-0.39, 0.29) is 11.5 Å². The molecule has 0 aromatic carbocycles. The first-order valence-electron chi connectivity index (χ1n) is 6.50. The Morgan fingerprint density at radius 1 is 1.33 bits per heavy atom. The molecule has 0 aliphatic rings. The van der Waals surface area contributed by atoms with Crippen molar-refractivity contribution < 1.29 is 0 Å². The molecule has 0 aliphatic carbocycles. The summed E-state index contributed by atoms with van der Waals surface area (Å²) in [6, 6.07) is 0. The molecule has 0 fully saturated rings. The molecule has 0 saturated carbocycles. The van der Waals surface area contributed by atoms with E-state index in [0.29, 0.717) is 4.47 Å². The van der Waals surface area contributed by atoms with Crippen LogP contribution < -0.4 is 5.56 Å². The van der Waals surface area contributed by atoms with Gasteiger partial charge >= 0.3 is 0 Å². The number of H-pyrrole nitrogens is 1. The van der Waals surface area contributed by atoms with Crippen LogP contribution in [0.1, 0.15) is 45.1 Å². The molecule has 18 heavy (non-hydrogen) atoms. The van der Waals surface area contributed by atoms with Crippen molar-refractivity contribution in [1.82, 2.24) is 14.9 Å². The molecule has 1 rings (SSSR count). The van der Waals surface area contributed by atoms with Gasteiger partial charge in [-0.05, 0) is 34.9 Å². The second-order valence-electron chi connectivity index (χ2n) is 4.64. The van der Waals surface area contributed by atoms with Crippen LogP contribution in [-0.2, 0) is 6.42 Å². The minimum atomic E-state index is -0.0803. The van der Waals surface area contributed by atoms with Gasteiger partial charge in [0, 0.05) is 13.0 Å². The fraction of sp³-hybridized carbons (Fsp3) is 0.692. The molecule has 0 saturated heterocycles. The lowest BCUT2D eigenvalue weighted by molar-refractivity contribution is 0.305. The molecule has 0 bridgehead atoms. The summed E-state index contributed by atoms with van der Waals surface area (Å²) < 4.78 is 0.559. The Labute approximate surface area is 117 Å². The summed E-state index contributed by atoms with van der Waals surface area (Å²) in [4.78, 5) is 21.5. The van der Waals surface area contributed by atoms with Gasteiger partial charge in [0.1, 0.15) is 10.3 Å². The lowest BCUT2D eigenvalue weighted by Crippen LogP contribution is -2.27. The van der Waals surface area contributed by atoms with E-state index in [2.05, 4.69) is 44.6 Å². The Morgan fingerprint density at radius 2 is 1.94 bits per heavy atom. The van der Waals surface area contributed by atoms with Crippen LogP contribution in [0.5, 0.6) is 0 Å². The van der Waals surface area contributed by atoms with Crippen LogP contribution in [0.25, 0.3) is 0 Å². The van der Waals surface area contributed by atoms with Gasteiger partial charge in [-0.25, -0.2) is 4.98 Å². The first-order chi connectivity index (χ1) is 8.49. The molecule has 4 nitrogen and oxygen atoms in total. The van der Waals surface area contributed by atoms with Gasteiger partial charge in [-0.1, -0.05) is 27.7 Å². The molecule has 102 valence electrons. The van der Waals surface area contributed by atoms with E-state index in [0.717, 1.165) is 37.6 Å². The lowest BCUT2D eigenvalue weighted by Gasteiger charge is -2.17. The fourth-order valence-corrected chi connectivity index (χ4v) is 2.48. The van der Waals surface area contributed by atoms with Crippen molar-refractivity contribution in [3.8, 4) is 0 Å². The second-order valence-corrected chi connectivity index (χ2v) is 5.44. The third-order valence-corrected chi connectivity index (χ3v) is 3.81. The summed E-state index contributed by atoms with van der Waals surface area (Å²) in [6.45, 7) is 11.3. The van der Waals surface area contributed by atoms with Crippen LogP contribution in [0.2, 0.25) is 0 Å². The maximum Gasteiger partial charge on any atom is 0.265 e. The van der Waals surface area contributed by atoms with Gasteiger partial charge in [0.25, 0.3) is 5.56 Å². The maximum absolute atomic E-state index is 11.8. The van der Waals surface area contributed by atoms with Gasteiger partial charge in [-0.15, -0.1) is 0 Å². The predicted molar refractivity (Wildman–Crippen MR) is 78.1 cm³/mol. The average molecular weight is 316 g/mol. The number of halogens is 1. The Hall–Kier alpha value is -0.680. The molecular formula is C13H22BrN3O. The third-order valence-electron chi connectivity index (χ3n) is 3.04. The minimum Gasteiger partial charge on any atom is -0.310 e. The quantitative estimate of drug-likeness (QED) is 0.877. The summed E-state index contributed by atoms with van der Waals surface area (Å²) in [5, 5.41) is 0. The van der Waals surface area contributed by atoms with Gasteiger partial charge in [0.2, 0.25) is 0 Å². The number of nitrogens with one attached hydrogen (secondary N) is 1. The van der Waals surface area contributed by atoms with Crippen LogP contribution in [0.4, 0.5) is 0 Å². The molecule has 0 unspecified atom stereocenters. The number of rotatable bonds is 6. The molecule has 0 spiro atoms. The molecular weight excluding hydrogens is 294 g/mol. The smallest absolute Gasteiger partial charge is 0.265 e. The van der Waals surface area contributed by atoms with Gasteiger partial charge in [0.05, 0.1) is 5.69 Å². The largest absolute Gasteiger partial charge is 0.310 e. The summed E-state index contributed by atoms with van der Waals surface area (Å²) in [6.07, 6.45) is 0.782. The van der Waals surface area contributed by atoms with Crippen LogP contribution >= 0.6 is 15.9 Å². The first kappa shape index (κ1) is 15.4. The van der Waals surface area contributed by atoms with Crippen LogP contribution in [-0.4, -0.2) is 34.5 Å². The van der Waals surface area contributed by atoms with E-state index < -0.39 is 0 Å². The monoisotopic (exact) mass is 315 g/mol. The van der Waals surface area contributed by atoms with Crippen molar-refractivity contribution in [2.24, 2.45) is 0 Å². The summed E-state index contributed by atoms with van der Waals surface area (Å²) in [5.74, 6) is 1.02. The highest BCUT2D eigenvalue weighted by Gasteiger charge is 2.12. The van der Waals surface area contributed by atoms with E-state index >= 15 is 0 Å². The van der Waals surface area contributed by atoms with E-state index in [9.17, 15) is 4.79 Å². The lowest BCUT2D eigenvalue weighted by atomic mass is 10.1. The summed E-state index contributed by atoms with van der Waals surface area (Å²) >= 11 is 3.31. The van der Waals surface area contributed by atoms with Crippen molar-refractivity contribution in [2.75, 3.05) is 19.6 Å². The predicted octanol–water partition coefficient (Wildman–Crippen LogP) is 2.54. The Bertz CT molecular complexity index is 438. The Kier molecular flexibility index (Phi) is 6.02. The van der Waals surface area contributed by atoms with E-state index in [1.807, 2.05) is 13.8 Å². The number of aromatic nitrogens is 2. The van der Waals surface area contributed by atoms with Gasteiger partial charge in [0.15, 0.2) is 0 Å². The van der Waals surface area contributed by atoms with Crippen molar-refractivity contribution in [1.29, 1.82) is 0 Å². The zero-order chi connectivity index (χ0) is 13.7. The van der Waals surface area contributed by atoms with Crippen molar-refractivity contribution in [3.05, 3.63) is 26.3 Å². The van der Waals surface area contributed by atoms with Crippen molar-refractivity contribution in [3.63, 3.8) is 0 Å². The number of hydrogen-bond donors (Lipinski definition) is 1. The third kappa shape index (κ3) is 3.92. The molecule has 1 N–H and O–H groups in total. The summed E-state index contributed by atoms with van der Waals surface area (Å²) in [5.41, 5.74) is 0.761. The van der Waals surface area contributed by atoms with Gasteiger partial charge in [-0.2, -0.15) is 0 Å². The number of aromatic amines is 1. The van der Waals surface area contributed by atoms with Crippen LogP contribution in [0.3, 0.4) is 0 Å². The summed E-state index contributed by atoms with van der Waals surface area (Å²) in [7, 11) is 0. The minimum absolute atomic E-state index is 0.0803. The fourth-order valence-electron chi connectivity index (χ4n) is 1.83. The Balaban J connectivity index is 2.87. The van der Waals surface area contributed by atoms with Crippen molar-refractivity contribution in [2.45, 2.75) is 40.0 Å². The number of likely N-dealkylation sites (N-methyl/N-ethyl adjacent to an activating group) is 1. The molecule has 1 aromatic heterocycles. The normalized spacial score (nSPS) is 11.5. The zero-order valence-corrected chi connectivity index (χ0v) is 13.2. The van der Waals surface area contributed by atoms with E-state index in [1.165, 1.54) is 0 Å². The first-order valence-corrected chi connectivity index (χ1v) is 7.29. The topological polar surface area (TPSA) is 49.0 Å². The maximum atomic E-state index is 11.8. The second kappa shape index (κ2) is 7.04. The zero-order valence-electron chi connectivity index (χ0n) is 11.6. The standard InChI is InChI=1S/C13H22BrN3O/c1-5-17(6-2)8-7-10-15-12(9(3)4)11(14)13(18)16-10/h9H,5-8H2,1-4H3,(H,15,16,18). The molecule has 0 radical (unpaired) electrons. The van der Waals surface area contributed by atoms with Gasteiger partial charge < -0.3 is 9.88 Å². The molecule has 0 amide bonds. The SMILES string of the molecule is CCN(CC)CCc1nc(C(C)C)c(Br)c(=O)[nH]1. The van der Waals surface area contributed by atoms with Gasteiger partial charge in [-0.3, -0.25) is 4.79 Å². The Morgan fingerprint density at radius 3 is 2.44 bits per heavy atom. The number of nitrogens with zero attached hydrogens (tertiary/aromatic N) is 2. The molecule has 1 aromatic rings. The molecule has 0 aliphatic heterocycles. The van der Waals surface area contributed by atoms with Crippen LogP contribution in [0.15, 0.2) is 9.27 Å². The van der Waals surface area contributed by atoms with E-state index in [4.69, 9.17) is 0 Å². The number of hydrogen-bond acceptors (Lipinski definition) is 3.